The van der Waals surface area contributed by atoms with Crippen LogP contribution in [0.3, 0.4) is 0 Å². The van der Waals surface area contributed by atoms with Gasteiger partial charge < -0.3 is 5.73 Å². The molecule has 5 nitrogen and oxygen atoms in total. The summed E-state index contributed by atoms with van der Waals surface area (Å²) < 4.78 is 39.0. The van der Waals surface area contributed by atoms with Gasteiger partial charge in [0.25, 0.3) is 11.6 Å². The number of nitro groups is 1. The van der Waals surface area contributed by atoms with Gasteiger partial charge in [0.2, 0.25) is 0 Å². The van der Waals surface area contributed by atoms with Crippen LogP contribution in [-0.4, -0.2) is 10.8 Å². The third kappa shape index (κ3) is 2.89. The summed E-state index contributed by atoms with van der Waals surface area (Å²) in [4.78, 5) is 21.3. The van der Waals surface area contributed by atoms with Gasteiger partial charge in [-0.25, -0.2) is 0 Å². The van der Waals surface area contributed by atoms with Crippen molar-refractivity contribution in [2.24, 2.45) is 5.73 Å². The minimum absolute atomic E-state index is 0.534. The normalized spacial score (nSPS) is 12.3. The monoisotopic (exact) mass is 290 g/mol. The molecular formula is C12H13F3N2O3. The zero-order chi connectivity index (χ0) is 15.9. The summed E-state index contributed by atoms with van der Waals surface area (Å²) in [6.45, 7) is 4.19. The van der Waals surface area contributed by atoms with Crippen LogP contribution in [0.4, 0.5) is 18.9 Å². The van der Waals surface area contributed by atoms with E-state index >= 15 is 0 Å². The fraction of sp³-hybridized carbons (Fsp3) is 0.417. The average molecular weight is 290 g/mol. The first kappa shape index (κ1) is 15.9. The third-order valence-electron chi connectivity index (χ3n) is 2.68. The molecule has 0 bridgehead atoms. The van der Waals surface area contributed by atoms with Gasteiger partial charge in [0, 0.05) is 5.56 Å². The molecule has 0 aromatic heterocycles. The summed E-state index contributed by atoms with van der Waals surface area (Å²) in [5.74, 6) is -1.14. The summed E-state index contributed by atoms with van der Waals surface area (Å²) in [6, 6.07) is 1.38. The molecule has 2 N–H and O–H groups in total. The molecule has 8 heteroatoms. The smallest absolute Gasteiger partial charge is 0.365 e. The van der Waals surface area contributed by atoms with Gasteiger partial charge in [-0.3, -0.25) is 14.9 Å². The van der Waals surface area contributed by atoms with Gasteiger partial charge in [-0.05, 0) is 17.5 Å². The Balaban J connectivity index is 3.91. The first-order valence-corrected chi connectivity index (χ1v) is 5.56. The number of halogens is 3. The number of hydrogen-bond acceptors (Lipinski definition) is 3. The molecule has 1 aromatic carbocycles. The van der Waals surface area contributed by atoms with E-state index in [2.05, 4.69) is 0 Å². The molecule has 1 amide bonds. The second kappa shape index (κ2) is 4.77. The average Bonchev–Trinajstić information content (AvgIpc) is 2.24. The van der Waals surface area contributed by atoms with Gasteiger partial charge in [-0.15, -0.1) is 0 Å². The van der Waals surface area contributed by atoms with Gasteiger partial charge in [0.1, 0.15) is 5.56 Å². The van der Waals surface area contributed by atoms with Crippen molar-refractivity contribution in [3.05, 3.63) is 38.9 Å². The van der Waals surface area contributed by atoms with Crippen molar-refractivity contribution in [1.82, 2.24) is 0 Å². The molecule has 0 saturated carbocycles. The zero-order valence-corrected chi connectivity index (χ0v) is 11.0. The Bertz CT molecular complexity index is 575. The minimum atomic E-state index is -4.76. The topological polar surface area (TPSA) is 86.2 Å². The van der Waals surface area contributed by atoms with E-state index in [-0.39, 0.29) is 0 Å². The van der Waals surface area contributed by atoms with Crippen LogP contribution >= 0.6 is 0 Å². The van der Waals surface area contributed by atoms with E-state index in [1.165, 1.54) is 20.8 Å². The Morgan fingerprint density at radius 3 is 2.05 bits per heavy atom. The van der Waals surface area contributed by atoms with E-state index in [0.29, 0.717) is 6.07 Å². The molecular weight excluding hydrogens is 277 g/mol. The molecule has 0 unspecified atom stereocenters. The number of hydrogen-bond donors (Lipinski definition) is 1. The number of amides is 1. The van der Waals surface area contributed by atoms with Gasteiger partial charge >= 0.3 is 6.18 Å². The molecule has 0 aliphatic carbocycles. The standard InChI is InChI=1S/C12H13F3N2O3/c1-11(2,3)8-7(12(13,14)15)5-4-6(10(16)18)9(8)17(19)20/h4-5H,1-3H3,(H2,16,18). The van der Waals surface area contributed by atoms with Crippen LogP contribution in [0.2, 0.25) is 0 Å². The number of benzene rings is 1. The van der Waals surface area contributed by atoms with Gasteiger partial charge in [0.15, 0.2) is 0 Å². The van der Waals surface area contributed by atoms with Crippen LogP contribution in [-0.2, 0) is 11.6 Å². The Labute approximate surface area is 112 Å². The predicted molar refractivity (Wildman–Crippen MR) is 65.3 cm³/mol. The summed E-state index contributed by atoms with van der Waals surface area (Å²) in [7, 11) is 0. The summed E-state index contributed by atoms with van der Waals surface area (Å²) in [5, 5.41) is 11.1. The number of rotatable bonds is 2. The Hall–Kier alpha value is -2.12. The second-order valence-corrected chi connectivity index (χ2v) is 5.25. The molecule has 20 heavy (non-hydrogen) atoms. The molecule has 0 aliphatic heterocycles. The SMILES string of the molecule is CC(C)(C)c1c(C(F)(F)F)ccc(C(N)=O)c1[N+](=O)[O-]. The maximum Gasteiger partial charge on any atom is 0.416 e. The number of carbonyl (C=O) groups is 1. The van der Waals surface area contributed by atoms with E-state index in [4.69, 9.17) is 5.73 Å². The fourth-order valence-corrected chi connectivity index (χ4v) is 1.98. The number of nitrogens with zero attached hydrogens (tertiary/aromatic N) is 1. The van der Waals surface area contributed by atoms with Crippen molar-refractivity contribution in [1.29, 1.82) is 0 Å². The van der Waals surface area contributed by atoms with Crippen molar-refractivity contribution >= 4 is 11.6 Å². The largest absolute Gasteiger partial charge is 0.416 e. The number of carbonyl (C=O) groups excluding carboxylic acids is 1. The Morgan fingerprint density at radius 1 is 1.25 bits per heavy atom. The summed E-state index contributed by atoms with van der Waals surface area (Å²) in [5.41, 5.74) is 0.707. The van der Waals surface area contributed by atoms with Crippen LogP contribution < -0.4 is 5.73 Å². The number of nitro benzene ring substituents is 1. The van der Waals surface area contributed by atoms with Crippen molar-refractivity contribution < 1.29 is 22.9 Å². The van der Waals surface area contributed by atoms with E-state index in [1.807, 2.05) is 0 Å². The lowest BCUT2D eigenvalue weighted by molar-refractivity contribution is -0.386. The molecule has 1 rings (SSSR count). The molecule has 0 heterocycles. The molecule has 0 spiro atoms. The van der Waals surface area contributed by atoms with Crippen LogP contribution in [0.15, 0.2) is 12.1 Å². The maximum atomic E-state index is 13.0. The highest BCUT2D eigenvalue weighted by Crippen LogP contribution is 2.43. The molecule has 0 saturated heterocycles. The summed E-state index contributed by atoms with van der Waals surface area (Å²) in [6.07, 6.45) is -4.76. The quantitative estimate of drug-likeness (QED) is 0.671. The van der Waals surface area contributed by atoms with Crippen molar-refractivity contribution in [3.63, 3.8) is 0 Å². The third-order valence-corrected chi connectivity index (χ3v) is 2.68. The lowest BCUT2D eigenvalue weighted by Crippen LogP contribution is -2.24. The molecule has 0 aliphatic rings. The highest BCUT2D eigenvalue weighted by Gasteiger charge is 2.42. The van der Waals surface area contributed by atoms with Gasteiger partial charge in [-0.1, -0.05) is 20.8 Å². The lowest BCUT2D eigenvalue weighted by atomic mass is 9.81. The first-order chi connectivity index (χ1) is 8.87. The Kier molecular flexibility index (Phi) is 3.80. The van der Waals surface area contributed by atoms with E-state index in [1.54, 1.807) is 0 Å². The second-order valence-electron chi connectivity index (χ2n) is 5.25. The molecule has 0 fully saturated rings. The van der Waals surface area contributed by atoms with Crippen molar-refractivity contribution in [3.8, 4) is 0 Å². The minimum Gasteiger partial charge on any atom is -0.365 e. The molecule has 1 aromatic rings. The van der Waals surface area contributed by atoms with E-state index in [9.17, 15) is 28.1 Å². The van der Waals surface area contributed by atoms with Crippen LogP contribution in [0.25, 0.3) is 0 Å². The number of alkyl halides is 3. The van der Waals surface area contributed by atoms with Crippen LogP contribution in [0, 0.1) is 10.1 Å². The lowest BCUT2D eigenvalue weighted by Gasteiger charge is -2.24. The fourth-order valence-electron chi connectivity index (χ4n) is 1.98. The predicted octanol–water partition coefficient (Wildman–Crippen LogP) is 3.01. The Morgan fingerprint density at radius 2 is 1.75 bits per heavy atom. The van der Waals surface area contributed by atoms with E-state index < -0.39 is 44.8 Å². The summed E-state index contributed by atoms with van der Waals surface area (Å²) >= 11 is 0. The number of primary amides is 1. The van der Waals surface area contributed by atoms with E-state index in [0.717, 1.165) is 6.07 Å². The first-order valence-electron chi connectivity index (χ1n) is 5.56. The molecule has 0 atom stereocenters. The van der Waals surface area contributed by atoms with Crippen LogP contribution in [0.5, 0.6) is 0 Å². The van der Waals surface area contributed by atoms with Crippen LogP contribution in [0.1, 0.15) is 42.3 Å². The van der Waals surface area contributed by atoms with Crippen molar-refractivity contribution in [2.75, 3.05) is 0 Å². The maximum absolute atomic E-state index is 13.0. The van der Waals surface area contributed by atoms with Gasteiger partial charge in [0.05, 0.1) is 10.5 Å². The number of nitrogens with two attached hydrogens (primary N) is 1. The highest BCUT2D eigenvalue weighted by atomic mass is 19.4. The highest BCUT2D eigenvalue weighted by molar-refractivity contribution is 5.98. The zero-order valence-electron chi connectivity index (χ0n) is 11.0. The van der Waals surface area contributed by atoms with Crippen molar-refractivity contribution in [2.45, 2.75) is 32.4 Å². The molecule has 0 radical (unpaired) electrons. The molecule has 110 valence electrons. The van der Waals surface area contributed by atoms with Gasteiger partial charge in [-0.2, -0.15) is 13.2 Å².